The third-order valence-corrected chi connectivity index (χ3v) is 3.56. The number of carboxylic acids is 1. The van der Waals surface area contributed by atoms with E-state index in [4.69, 9.17) is 5.11 Å². The lowest BCUT2D eigenvalue weighted by molar-refractivity contribution is -0.135. The fourth-order valence-corrected chi connectivity index (χ4v) is 2.51. The highest BCUT2D eigenvalue weighted by molar-refractivity contribution is 6.28. The normalized spacial score (nSPS) is 12.5. The summed E-state index contributed by atoms with van der Waals surface area (Å²) in [4.78, 5) is 47.3. The third kappa shape index (κ3) is 2.13. The molecule has 108 valence electrons. The molecular weight excluding hydrogens is 284 g/mol. The first-order chi connectivity index (χ1) is 10.5. The highest BCUT2D eigenvalue weighted by Gasteiger charge is 2.29. The number of aliphatic carboxylic acids is 1. The minimum absolute atomic E-state index is 0.113. The summed E-state index contributed by atoms with van der Waals surface area (Å²) in [5.74, 6) is -2.46. The second-order valence-electron chi connectivity index (χ2n) is 4.96. The SMILES string of the molecule is O=C(O)CC(=O)c1ccc2c(c1)C(=O)c1ccccc1C2=O. The zero-order chi connectivity index (χ0) is 15.9. The molecule has 0 spiro atoms. The molecule has 22 heavy (non-hydrogen) atoms. The van der Waals surface area contributed by atoms with Crippen LogP contribution in [0.5, 0.6) is 0 Å². The molecule has 1 N–H and O–H groups in total. The monoisotopic (exact) mass is 294 g/mol. The molecule has 0 aromatic heterocycles. The van der Waals surface area contributed by atoms with Crippen molar-refractivity contribution in [1.82, 2.24) is 0 Å². The lowest BCUT2D eigenvalue weighted by Crippen LogP contribution is -2.21. The number of benzene rings is 2. The maximum absolute atomic E-state index is 12.5. The molecule has 0 radical (unpaired) electrons. The van der Waals surface area contributed by atoms with Crippen LogP contribution in [0.2, 0.25) is 0 Å². The van der Waals surface area contributed by atoms with E-state index in [0.29, 0.717) is 11.1 Å². The van der Waals surface area contributed by atoms with Crippen LogP contribution in [-0.2, 0) is 4.79 Å². The van der Waals surface area contributed by atoms with E-state index in [1.165, 1.54) is 18.2 Å². The second-order valence-corrected chi connectivity index (χ2v) is 4.96. The van der Waals surface area contributed by atoms with E-state index >= 15 is 0 Å². The average Bonchev–Trinajstić information content (AvgIpc) is 2.51. The molecule has 0 bridgehead atoms. The number of Topliss-reactive ketones (excluding diaryl/α,β-unsaturated/α-hetero) is 1. The van der Waals surface area contributed by atoms with Crippen molar-refractivity contribution in [1.29, 1.82) is 0 Å². The summed E-state index contributed by atoms with van der Waals surface area (Å²) < 4.78 is 0. The van der Waals surface area contributed by atoms with Crippen LogP contribution in [0.1, 0.15) is 48.6 Å². The number of hydrogen-bond donors (Lipinski definition) is 1. The topological polar surface area (TPSA) is 88.5 Å². The molecule has 2 aromatic rings. The molecule has 1 aliphatic rings. The van der Waals surface area contributed by atoms with Gasteiger partial charge in [0.25, 0.3) is 0 Å². The van der Waals surface area contributed by atoms with E-state index in [9.17, 15) is 19.2 Å². The second kappa shape index (κ2) is 5.04. The Kier molecular flexibility index (Phi) is 3.18. The largest absolute Gasteiger partial charge is 0.481 e. The van der Waals surface area contributed by atoms with Crippen LogP contribution in [0.15, 0.2) is 42.5 Å². The van der Waals surface area contributed by atoms with Gasteiger partial charge in [0.05, 0.1) is 0 Å². The van der Waals surface area contributed by atoms with Gasteiger partial charge in [-0.05, 0) is 12.1 Å². The van der Waals surface area contributed by atoms with Crippen LogP contribution < -0.4 is 0 Å². The first-order valence-corrected chi connectivity index (χ1v) is 6.56. The van der Waals surface area contributed by atoms with Crippen molar-refractivity contribution in [3.05, 3.63) is 70.3 Å². The van der Waals surface area contributed by atoms with Gasteiger partial charge in [-0.2, -0.15) is 0 Å². The van der Waals surface area contributed by atoms with E-state index in [0.717, 1.165) is 0 Å². The number of hydrogen-bond acceptors (Lipinski definition) is 4. The summed E-state index contributed by atoms with van der Waals surface area (Å²) >= 11 is 0. The fourth-order valence-electron chi connectivity index (χ4n) is 2.51. The van der Waals surface area contributed by atoms with Crippen LogP contribution >= 0.6 is 0 Å². The molecule has 0 atom stereocenters. The van der Waals surface area contributed by atoms with Gasteiger partial charge >= 0.3 is 5.97 Å². The van der Waals surface area contributed by atoms with E-state index in [-0.39, 0.29) is 28.3 Å². The maximum atomic E-state index is 12.5. The Morgan fingerprint density at radius 1 is 0.818 bits per heavy atom. The van der Waals surface area contributed by atoms with Crippen molar-refractivity contribution in [2.75, 3.05) is 0 Å². The predicted octanol–water partition coefficient (Wildman–Crippen LogP) is 2.12. The minimum atomic E-state index is -1.24. The maximum Gasteiger partial charge on any atom is 0.311 e. The molecule has 0 unspecified atom stereocenters. The fraction of sp³-hybridized carbons (Fsp3) is 0.0588. The zero-order valence-corrected chi connectivity index (χ0v) is 11.3. The molecule has 0 heterocycles. The minimum Gasteiger partial charge on any atom is -0.481 e. The quantitative estimate of drug-likeness (QED) is 0.590. The first kappa shape index (κ1) is 13.9. The standard InChI is InChI=1S/C17H10O5/c18-14(8-15(19)20)9-5-6-12-13(7-9)17(22)11-4-2-1-3-10(11)16(12)21/h1-7H,8H2,(H,19,20). The third-order valence-electron chi connectivity index (χ3n) is 3.56. The molecule has 0 saturated heterocycles. The Balaban J connectivity index is 2.10. The highest BCUT2D eigenvalue weighted by Crippen LogP contribution is 2.28. The number of carboxylic acid groups (broad SMARTS) is 1. The molecule has 0 saturated carbocycles. The van der Waals surface area contributed by atoms with Crippen molar-refractivity contribution in [3.8, 4) is 0 Å². The van der Waals surface area contributed by atoms with Crippen molar-refractivity contribution in [3.63, 3.8) is 0 Å². The molecule has 3 rings (SSSR count). The Morgan fingerprint density at radius 2 is 1.36 bits per heavy atom. The molecule has 5 heteroatoms. The number of rotatable bonds is 3. The van der Waals surface area contributed by atoms with Gasteiger partial charge in [-0.1, -0.05) is 30.3 Å². The van der Waals surface area contributed by atoms with Crippen LogP contribution in [0.25, 0.3) is 0 Å². The van der Waals surface area contributed by atoms with Crippen molar-refractivity contribution in [2.45, 2.75) is 6.42 Å². The van der Waals surface area contributed by atoms with Gasteiger partial charge in [0.15, 0.2) is 17.3 Å². The Bertz CT molecular complexity index is 848. The van der Waals surface area contributed by atoms with Gasteiger partial charge < -0.3 is 5.11 Å². The molecule has 2 aromatic carbocycles. The van der Waals surface area contributed by atoms with E-state index in [1.807, 2.05) is 0 Å². The van der Waals surface area contributed by atoms with Gasteiger partial charge in [0.1, 0.15) is 6.42 Å². The van der Waals surface area contributed by atoms with Gasteiger partial charge in [-0.25, -0.2) is 0 Å². The number of carbonyl (C=O) groups excluding carboxylic acids is 3. The van der Waals surface area contributed by atoms with Crippen LogP contribution in [0, 0.1) is 0 Å². The summed E-state index contributed by atoms with van der Waals surface area (Å²) in [6, 6.07) is 10.6. The predicted molar refractivity (Wildman–Crippen MR) is 76.3 cm³/mol. The van der Waals surface area contributed by atoms with Crippen molar-refractivity contribution in [2.24, 2.45) is 0 Å². The summed E-state index contributed by atoms with van der Waals surface area (Å²) in [7, 11) is 0. The molecule has 0 amide bonds. The lowest BCUT2D eigenvalue weighted by Gasteiger charge is -2.17. The summed E-state index contributed by atoms with van der Waals surface area (Å²) in [5.41, 5.74) is 1.12. The summed E-state index contributed by atoms with van der Waals surface area (Å²) in [6.07, 6.45) is -0.655. The molecule has 0 fully saturated rings. The number of ketones is 3. The van der Waals surface area contributed by atoms with Gasteiger partial charge in [-0.3, -0.25) is 19.2 Å². The van der Waals surface area contributed by atoms with Crippen molar-refractivity contribution >= 4 is 23.3 Å². The lowest BCUT2D eigenvalue weighted by atomic mass is 9.83. The van der Waals surface area contributed by atoms with Gasteiger partial charge in [0, 0.05) is 27.8 Å². The average molecular weight is 294 g/mol. The van der Waals surface area contributed by atoms with E-state index < -0.39 is 18.2 Å². The summed E-state index contributed by atoms with van der Waals surface area (Å²) in [5, 5.41) is 8.67. The first-order valence-electron chi connectivity index (χ1n) is 6.56. The summed E-state index contributed by atoms with van der Waals surface area (Å²) in [6.45, 7) is 0. The van der Waals surface area contributed by atoms with Crippen LogP contribution in [-0.4, -0.2) is 28.4 Å². The number of carbonyl (C=O) groups is 4. The van der Waals surface area contributed by atoms with Gasteiger partial charge in [0.2, 0.25) is 0 Å². The Morgan fingerprint density at radius 3 is 1.95 bits per heavy atom. The van der Waals surface area contributed by atoms with Crippen molar-refractivity contribution < 1.29 is 24.3 Å². The van der Waals surface area contributed by atoms with Crippen LogP contribution in [0.3, 0.4) is 0 Å². The number of fused-ring (bicyclic) bond motifs is 2. The molecule has 1 aliphatic carbocycles. The molecule has 0 aliphatic heterocycles. The van der Waals surface area contributed by atoms with E-state index in [2.05, 4.69) is 0 Å². The Labute approximate surface area is 125 Å². The molecular formula is C17H10O5. The highest BCUT2D eigenvalue weighted by atomic mass is 16.4. The zero-order valence-electron chi connectivity index (χ0n) is 11.3. The van der Waals surface area contributed by atoms with E-state index in [1.54, 1.807) is 24.3 Å². The van der Waals surface area contributed by atoms with Gasteiger partial charge in [-0.15, -0.1) is 0 Å². The van der Waals surface area contributed by atoms with Crippen LogP contribution in [0.4, 0.5) is 0 Å². The molecule has 5 nitrogen and oxygen atoms in total. The smallest absolute Gasteiger partial charge is 0.311 e. The Hall–Kier alpha value is -3.08.